The van der Waals surface area contributed by atoms with Crippen LogP contribution >= 0.6 is 0 Å². The molecule has 92 valence electrons. The van der Waals surface area contributed by atoms with Crippen molar-refractivity contribution in [1.82, 2.24) is 4.90 Å². The van der Waals surface area contributed by atoms with Crippen LogP contribution in [0.1, 0.15) is 38.5 Å². The predicted octanol–water partition coefficient (Wildman–Crippen LogP) is 0.487. The van der Waals surface area contributed by atoms with E-state index in [1.54, 1.807) is 0 Å². The number of carbonyl (C=O) groups is 1. The maximum Gasteiger partial charge on any atom is 0.239 e. The molecule has 3 atom stereocenters. The highest BCUT2D eigenvalue weighted by Gasteiger charge is 2.35. The lowest BCUT2D eigenvalue weighted by atomic mass is 9.81. The molecule has 4 heteroatoms. The summed E-state index contributed by atoms with van der Waals surface area (Å²) in [5.41, 5.74) is 6.01. The fourth-order valence-corrected chi connectivity index (χ4v) is 2.89. The van der Waals surface area contributed by atoms with Gasteiger partial charge in [-0.05, 0) is 25.7 Å². The van der Waals surface area contributed by atoms with E-state index in [1.807, 2.05) is 4.90 Å². The van der Waals surface area contributed by atoms with Crippen LogP contribution in [0.4, 0.5) is 0 Å². The second kappa shape index (κ2) is 5.15. The summed E-state index contributed by atoms with van der Waals surface area (Å²) in [4.78, 5) is 13.9. The van der Waals surface area contributed by atoms with Crippen molar-refractivity contribution >= 4 is 5.91 Å². The summed E-state index contributed by atoms with van der Waals surface area (Å²) in [5, 5.41) is 9.88. The second-order valence-corrected chi connectivity index (χ2v) is 5.07. The van der Waals surface area contributed by atoms with Gasteiger partial charge in [-0.3, -0.25) is 4.79 Å². The Hall–Kier alpha value is -0.610. The lowest BCUT2D eigenvalue weighted by molar-refractivity contribution is -0.134. The molecule has 0 aromatic heterocycles. The predicted molar refractivity (Wildman–Crippen MR) is 61.8 cm³/mol. The Bertz CT molecular complexity index is 251. The first-order chi connectivity index (χ1) is 7.70. The van der Waals surface area contributed by atoms with Crippen LogP contribution in [0.5, 0.6) is 0 Å². The zero-order chi connectivity index (χ0) is 11.5. The van der Waals surface area contributed by atoms with Crippen molar-refractivity contribution in [1.29, 1.82) is 0 Å². The van der Waals surface area contributed by atoms with Crippen molar-refractivity contribution in [3.05, 3.63) is 0 Å². The molecule has 1 unspecified atom stereocenters. The summed E-state index contributed by atoms with van der Waals surface area (Å²) >= 11 is 0. The zero-order valence-corrected chi connectivity index (χ0v) is 9.77. The number of aliphatic hydroxyl groups excluding tert-OH is 1. The highest BCUT2D eigenvalue weighted by Crippen LogP contribution is 2.27. The van der Waals surface area contributed by atoms with Crippen LogP contribution in [0.25, 0.3) is 0 Å². The average molecular weight is 226 g/mol. The fraction of sp³-hybridized carbons (Fsp3) is 0.917. The van der Waals surface area contributed by atoms with E-state index in [9.17, 15) is 9.90 Å². The largest absolute Gasteiger partial charge is 0.393 e. The minimum Gasteiger partial charge on any atom is -0.393 e. The summed E-state index contributed by atoms with van der Waals surface area (Å²) < 4.78 is 0. The third-order valence-corrected chi connectivity index (χ3v) is 3.95. The number of likely N-dealkylation sites (tertiary alicyclic amines) is 1. The van der Waals surface area contributed by atoms with Gasteiger partial charge in [0.15, 0.2) is 0 Å². The Morgan fingerprint density at radius 3 is 2.44 bits per heavy atom. The van der Waals surface area contributed by atoms with Crippen LogP contribution in [0.15, 0.2) is 0 Å². The number of rotatable bonds is 2. The normalized spacial score (nSPS) is 32.8. The molecule has 3 N–H and O–H groups in total. The molecule has 0 aromatic rings. The lowest BCUT2D eigenvalue weighted by Crippen LogP contribution is -2.50. The van der Waals surface area contributed by atoms with Crippen molar-refractivity contribution in [2.75, 3.05) is 13.1 Å². The standard InChI is InChI=1S/C12H22N2O2/c13-11(9-5-1-2-6-10(9)15)12(16)14-7-3-4-8-14/h9-11,15H,1-8,13H2/t9-,10+,11?/m1/s1. The Morgan fingerprint density at radius 2 is 1.81 bits per heavy atom. The minimum absolute atomic E-state index is 0.0261. The van der Waals surface area contributed by atoms with E-state index in [2.05, 4.69) is 0 Å². The zero-order valence-electron chi connectivity index (χ0n) is 9.77. The van der Waals surface area contributed by atoms with Gasteiger partial charge in [-0.1, -0.05) is 12.8 Å². The Labute approximate surface area is 96.8 Å². The van der Waals surface area contributed by atoms with E-state index in [0.717, 1.165) is 51.6 Å². The molecule has 0 spiro atoms. The summed E-state index contributed by atoms with van der Waals surface area (Å²) in [6.07, 6.45) is 5.63. The molecular weight excluding hydrogens is 204 g/mol. The molecule has 2 rings (SSSR count). The van der Waals surface area contributed by atoms with Crippen LogP contribution < -0.4 is 5.73 Å². The van der Waals surface area contributed by atoms with Gasteiger partial charge in [0, 0.05) is 19.0 Å². The molecule has 1 heterocycles. The lowest BCUT2D eigenvalue weighted by Gasteiger charge is -2.33. The van der Waals surface area contributed by atoms with E-state index in [1.165, 1.54) is 0 Å². The van der Waals surface area contributed by atoms with Crippen molar-refractivity contribution < 1.29 is 9.90 Å². The van der Waals surface area contributed by atoms with Crippen LogP contribution in [-0.4, -0.2) is 41.1 Å². The van der Waals surface area contributed by atoms with Gasteiger partial charge in [0.05, 0.1) is 12.1 Å². The topological polar surface area (TPSA) is 66.6 Å². The molecule has 1 aliphatic heterocycles. The molecule has 1 aliphatic carbocycles. The number of nitrogens with zero attached hydrogens (tertiary/aromatic N) is 1. The van der Waals surface area contributed by atoms with E-state index in [4.69, 9.17) is 5.73 Å². The minimum atomic E-state index is -0.492. The Kier molecular flexibility index (Phi) is 3.82. The Morgan fingerprint density at radius 1 is 1.19 bits per heavy atom. The average Bonchev–Trinajstić information content (AvgIpc) is 2.81. The van der Waals surface area contributed by atoms with Crippen LogP contribution in [0.3, 0.4) is 0 Å². The number of nitrogens with two attached hydrogens (primary N) is 1. The van der Waals surface area contributed by atoms with Gasteiger partial charge in [-0.25, -0.2) is 0 Å². The van der Waals surface area contributed by atoms with Gasteiger partial charge in [0.25, 0.3) is 0 Å². The highest BCUT2D eigenvalue weighted by atomic mass is 16.3. The monoisotopic (exact) mass is 226 g/mol. The quantitative estimate of drug-likeness (QED) is 0.720. The molecule has 0 aromatic carbocycles. The first kappa shape index (κ1) is 11.9. The van der Waals surface area contributed by atoms with Crippen LogP contribution in [-0.2, 0) is 4.79 Å². The number of aliphatic hydroxyl groups is 1. The smallest absolute Gasteiger partial charge is 0.239 e. The summed E-state index contributed by atoms with van der Waals surface area (Å²) in [6, 6.07) is -0.492. The van der Waals surface area contributed by atoms with Gasteiger partial charge >= 0.3 is 0 Å². The van der Waals surface area contributed by atoms with Crippen molar-refractivity contribution in [3.63, 3.8) is 0 Å². The summed E-state index contributed by atoms with van der Waals surface area (Å²) in [5.74, 6) is 0.0188. The van der Waals surface area contributed by atoms with Gasteiger partial charge in [0.2, 0.25) is 5.91 Å². The van der Waals surface area contributed by atoms with Crippen LogP contribution in [0, 0.1) is 5.92 Å². The molecule has 4 nitrogen and oxygen atoms in total. The number of hydrogen-bond donors (Lipinski definition) is 2. The van der Waals surface area contributed by atoms with Gasteiger partial charge in [-0.15, -0.1) is 0 Å². The summed E-state index contributed by atoms with van der Waals surface area (Å²) in [6.45, 7) is 1.69. The second-order valence-electron chi connectivity index (χ2n) is 5.07. The number of amides is 1. The third-order valence-electron chi connectivity index (χ3n) is 3.95. The first-order valence-corrected chi connectivity index (χ1v) is 6.42. The number of hydrogen-bond acceptors (Lipinski definition) is 3. The molecular formula is C12H22N2O2. The fourth-order valence-electron chi connectivity index (χ4n) is 2.89. The van der Waals surface area contributed by atoms with E-state index < -0.39 is 6.04 Å². The molecule has 1 amide bonds. The molecule has 1 saturated carbocycles. The first-order valence-electron chi connectivity index (χ1n) is 6.42. The van der Waals surface area contributed by atoms with Crippen molar-refractivity contribution in [2.24, 2.45) is 11.7 Å². The maximum absolute atomic E-state index is 12.1. The highest BCUT2D eigenvalue weighted by molar-refractivity contribution is 5.82. The Balaban J connectivity index is 1.94. The van der Waals surface area contributed by atoms with E-state index >= 15 is 0 Å². The SMILES string of the molecule is NC(C(=O)N1CCCC1)[C@@H]1CCCC[C@@H]1O. The van der Waals surface area contributed by atoms with Crippen molar-refractivity contribution in [3.8, 4) is 0 Å². The van der Waals surface area contributed by atoms with Crippen molar-refractivity contribution in [2.45, 2.75) is 50.7 Å². The molecule has 0 bridgehead atoms. The molecule has 2 aliphatic rings. The molecule has 0 radical (unpaired) electrons. The number of carbonyl (C=O) groups excluding carboxylic acids is 1. The van der Waals surface area contributed by atoms with Crippen LogP contribution in [0.2, 0.25) is 0 Å². The third kappa shape index (κ3) is 2.38. The molecule has 16 heavy (non-hydrogen) atoms. The maximum atomic E-state index is 12.1. The van der Waals surface area contributed by atoms with E-state index in [0.29, 0.717) is 0 Å². The molecule has 1 saturated heterocycles. The van der Waals surface area contributed by atoms with Gasteiger partial charge < -0.3 is 15.7 Å². The van der Waals surface area contributed by atoms with Gasteiger partial charge in [0.1, 0.15) is 0 Å². The molecule has 2 fully saturated rings. The summed E-state index contributed by atoms with van der Waals surface area (Å²) in [7, 11) is 0. The van der Waals surface area contributed by atoms with E-state index in [-0.39, 0.29) is 17.9 Å². The van der Waals surface area contributed by atoms with Gasteiger partial charge in [-0.2, -0.15) is 0 Å².